The van der Waals surface area contributed by atoms with E-state index >= 15 is 0 Å². The number of nitrogens with one attached hydrogen (secondary N) is 2. The number of anilines is 2. The number of rotatable bonds is 8. The molecule has 0 bridgehead atoms. The quantitative estimate of drug-likeness (QED) is 0.239. The van der Waals surface area contributed by atoms with Crippen LogP contribution in [0.1, 0.15) is 42.7 Å². The number of alkyl halides is 2. The maximum atomic E-state index is 15.0. The molecule has 1 aliphatic heterocycles. The summed E-state index contributed by atoms with van der Waals surface area (Å²) in [5.41, 5.74) is -0.748. The molecule has 4 aromatic rings. The zero-order valence-corrected chi connectivity index (χ0v) is 25.3. The van der Waals surface area contributed by atoms with Gasteiger partial charge in [0.1, 0.15) is 17.2 Å². The topological polar surface area (TPSA) is 128 Å². The predicted molar refractivity (Wildman–Crippen MR) is 167 cm³/mol. The minimum absolute atomic E-state index is 0.0242. The van der Waals surface area contributed by atoms with Gasteiger partial charge in [-0.3, -0.25) is 24.3 Å². The predicted octanol–water partition coefficient (Wildman–Crippen LogP) is 6.01. The van der Waals surface area contributed by atoms with E-state index in [9.17, 15) is 32.8 Å². The molecule has 1 saturated carbocycles. The summed E-state index contributed by atoms with van der Waals surface area (Å²) >= 11 is 6.64. The van der Waals surface area contributed by atoms with E-state index < -0.39 is 59.8 Å². The number of hydrogen-bond donors (Lipinski definition) is 2. The van der Waals surface area contributed by atoms with Gasteiger partial charge in [0.2, 0.25) is 11.8 Å². The maximum Gasteiger partial charge on any atom is 0.252 e. The number of nitriles is 1. The van der Waals surface area contributed by atoms with E-state index in [1.165, 1.54) is 55.0 Å². The van der Waals surface area contributed by atoms with Crippen LogP contribution in [0, 0.1) is 17.1 Å². The monoisotopic (exact) mass is 658 g/mol. The van der Waals surface area contributed by atoms with Crippen molar-refractivity contribution in [2.24, 2.45) is 0 Å². The Morgan fingerprint density at radius 3 is 2.47 bits per heavy atom. The number of pyridine rings is 2. The zero-order valence-electron chi connectivity index (χ0n) is 24.6. The summed E-state index contributed by atoms with van der Waals surface area (Å²) in [5.74, 6) is -7.53. The van der Waals surface area contributed by atoms with Crippen molar-refractivity contribution in [3.8, 4) is 17.2 Å². The van der Waals surface area contributed by atoms with Crippen LogP contribution in [0.3, 0.4) is 0 Å². The Balaban J connectivity index is 1.51. The largest absolute Gasteiger partial charge is 0.352 e. The summed E-state index contributed by atoms with van der Waals surface area (Å²) in [6.07, 6.45) is 2.72. The second-order valence-electron chi connectivity index (χ2n) is 11.5. The maximum absolute atomic E-state index is 15.0. The van der Waals surface area contributed by atoms with E-state index in [4.69, 9.17) is 11.6 Å². The molecule has 13 heteroatoms. The van der Waals surface area contributed by atoms with Crippen molar-refractivity contribution in [1.82, 2.24) is 15.3 Å². The van der Waals surface area contributed by atoms with Crippen LogP contribution < -0.4 is 15.5 Å². The van der Waals surface area contributed by atoms with Crippen LogP contribution in [0.15, 0.2) is 85.3 Å². The summed E-state index contributed by atoms with van der Waals surface area (Å²) in [5, 5.41) is 15.0. The second-order valence-corrected chi connectivity index (χ2v) is 11.9. The molecular formula is C34H26ClF3N6O3. The van der Waals surface area contributed by atoms with Crippen LogP contribution in [-0.4, -0.2) is 45.2 Å². The standard InChI is InChI=1S/C34H26ClF3N6O3/c35-27-4-2-1-3-26(27)30(31(46)42-25-17-33(37,38)18-25)34(9-5-29(45)44(34)28-13-20(19-39)6-12-41-28)32(47)43-24-15-22(14-23(36)16-24)21-7-10-40-11-8-21/h1-4,6-8,10-16,25,30H,5,9,17-18H2,(H,42,46)(H,43,47)/t30-,34?/m0/s1. The van der Waals surface area contributed by atoms with Gasteiger partial charge in [0, 0.05) is 54.6 Å². The van der Waals surface area contributed by atoms with Crippen LogP contribution in [0.2, 0.25) is 5.02 Å². The highest BCUT2D eigenvalue weighted by Gasteiger charge is 2.61. The first-order chi connectivity index (χ1) is 22.5. The molecule has 3 heterocycles. The molecule has 0 radical (unpaired) electrons. The SMILES string of the molecule is N#Cc1ccnc(N2C(=O)CCC2(C(=O)Nc2cc(F)cc(-c3ccncc3)c2)[C@H](C(=O)NC2CC(F)(F)C2)c2ccccc2Cl)c1. The Hall–Kier alpha value is -5.28. The Bertz CT molecular complexity index is 1910. The van der Waals surface area contributed by atoms with Crippen molar-refractivity contribution in [3.63, 3.8) is 0 Å². The van der Waals surface area contributed by atoms with Crippen LogP contribution in [0.25, 0.3) is 11.1 Å². The fourth-order valence-electron chi connectivity index (χ4n) is 6.29. The van der Waals surface area contributed by atoms with Crippen LogP contribution in [0.4, 0.5) is 24.7 Å². The summed E-state index contributed by atoms with van der Waals surface area (Å²) in [7, 11) is 0. The van der Waals surface area contributed by atoms with Gasteiger partial charge >= 0.3 is 0 Å². The first kappa shape index (κ1) is 31.7. The number of halogens is 4. The van der Waals surface area contributed by atoms with Gasteiger partial charge in [0.05, 0.1) is 17.6 Å². The fraction of sp³-hybridized carbons (Fsp3) is 0.235. The van der Waals surface area contributed by atoms with Gasteiger partial charge < -0.3 is 10.6 Å². The molecule has 6 rings (SSSR count). The van der Waals surface area contributed by atoms with E-state index in [0.717, 1.165) is 11.0 Å². The molecular weight excluding hydrogens is 633 g/mol. The van der Waals surface area contributed by atoms with Crippen LogP contribution in [0.5, 0.6) is 0 Å². The highest BCUT2D eigenvalue weighted by Crippen LogP contribution is 2.48. The van der Waals surface area contributed by atoms with Crippen molar-refractivity contribution in [1.29, 1.82) is 5.26 Å². The minimum atomic E-state index is -2.95. The molecule has 1 saturated heterocycles. The number of benzene rings is 2. The molecule has 1 aliphatic carbocycles. The first-order valence-electron chi connectivity index (χ1n) is 14.6. The van der Waals surface area contributed by atoms with E-state index in [2.05, 4.69) is 20.6 Å². The molecule has 2 aromatic carbocycles. The molecule has 2 atom stereocenters. The number of aromatic nitrogens is 2. The van der Waals surface area contributed by atoms with Crippen molar-refractivity contribution in [2.45, 2.75) is 49.1 Å². The number of carbonyl (C=O) groups excluding carboxylic acids is 3. The van der Waals surface area contributed by atoms with Crippen LogP contribution in [-0.2, 0) is 14.4 Å². The molecule has 47 heavy (non-hydrogen) atoms. The highest BCUT2D eigenvalue weighted by atomic mass is 35.5. The van der Waals surface area contributed by atoms with Gasteiger partial charge in [0.15, 0.2) is 0 Å². The number of carbonyl (C=O) groups is 3. The lowest BCUT2D eigenvalue weighted by Crippen LogP contribution is -2.63. The number of amides is 3. The Kier molecular flexibility index (Phi) is 8.42. The summed E-state index contributed by atoms with van der Waals surface area (Å²) in [6.45, 7) is 0. The normalized spacial score (nSPS) is 19.4. The molecule has 1 unspecified atom stereocenters. The highest BCUT2D eigenvalue weighted by molar-refractivity contribution is 6.32. The average Bonchev–Trinajstić information content (AvgIpc) is 3.38. The van der Waals surface area contributed by atoms with E-state index in [1.807, 2.05) is 6.07 Å². The van der Waals surface area contributed by atoms with Gasteiger partial charge in [-0.15, -0.1) is 0 Å². The van der Waals surface area contributed by atoms with Gasteiger partial charge in [-0.05, 0) is 71.6 Å². The number of hydrogen-bond acceptors (Lipinski definition) is 6. The van der Waals surface area contributed by atoms with E-state index in [0.29, 0.717) is 11.1 Å². The van der Waals surface area contributed by atoms with Crippen LogP contribution >= 0.6 is 11.6 Å². The van der Waals surface area contributed by atoms with Crippen molar-refractivity contribution < 1.29 is 27.6 Å². The molecule has 2 N–H and O–H groups in total. The Morgan fingerprint density at radius 1 is 1.02 bits per heavy atom. The lowest BCUT2D eigenvalue weighted by Gasteiger charge is -2.43. The third kappa shape index (κ3) is 6.14. The minimum Gasteiger partial charge on any atom is -0.352 e. The first-order valence-corrected chi connectivity index (χ1v) is 15.0. The lowest BCUT2D eigenvalue weighted by molar-refractivity contribution is -0.136. The third-order valence-electron chi connectivity index (χ3n) is 8.43. The Morgan fingerprint density at radius 2 is 1.77 bits per heavy atom. The Labute approximate surface area is 272 Å². The fourth-order valence-corrected chi connectivity index (χ4v) is 6.53. The molecule has 3 amide bonds. The molecule has 2 fully saturated rings. The average molecular weight is 659 g/mol. The van der Waals surface area contributed by atoms with Crippen molar-refractivity contribution in [2.75, 3.05) is 10.2 Å². The summed E-state index contributed by atoms with van der Waals surface area (Å²) < 4.78 is 42.6. The van der Waals surface area contributed by atoms with Crippen molar-refractivity contribution >= 4 is 40.8 Å². The molecule has 0 spiro atoms. The zero-order chi connectivity index (χ0) is 33.3. The van der Waals surface area contributed by atoms with E-state index in [-0.39, 0.29) is 40.5 Å². The molecule has 2 aliphatic rings. The van der Waals surface area contributed by atoms with Gasteiger partial charge in [-0.2, -0.15) is 5.26 Å². The van der Waals surface area contributed by atoms with Gasteiger partial charge in [-0.25, -0.2) is 18.2 Å². The second kappa shape index (κ2) is 12.5. The molecule has 238 valence electrons. The van der Waals surface area contributed by atoms with E-state index in [1.54, 1.807) is 24.3 Å². The summed E-state index contributed by atoms with van der Waals surface area (Å²) in [6, 6.07) is 17.2. The lowest BCUT2D eigenvalue weighted by atomic mass is 9.74. The van der Waals surface area contributed by atoms with Gasteiger partial charge in [0.25, 0.3) is 11.8 Å². The molecule has 9 nitrogen and oxygen atoms in total. The van der Waals surface area contributed by atoms with Gasteiger partial charge in [-0.1, -0.05) is 29.8 Å². The third-order valence-corrected chi connectivity index (χ3v) is 8.77. The smallest absolute Gasteiger partial charge is 0.252 e. The summed E-state index contributed by atoms with van der Waals surface area (Å²) in [4.78, 5) is 52.2. The molecule has 2 aromatic heterocycles. The number of nitrogens with zero attached hydrogens (tertiary/aromatic N) is 4. The van der Waals surface area contributed by atoms with Crippen molar-refractivity contribution in [3.05, 3.63) is 107 Å².